The quantitative estimate of drug-likeness (QED) is 0.479. The number of benzene rings is 2. The van der Waals surface area contributed by atoms with E-state index >= 15 is 0 Å². The van der Waals surface area contributed by atoms with Crippen LogP contribution in [0.4, 0.5) is 38.0 Å². The Bertz CT molecular complexity index is 1170. The van der Waals surface area contributed by atoms with E-state index < -0.39 is 5.82 Å². The summed E-state index contributed by atoms with van der Waals surface area (Å²) in [6.07, 6.45) is 1.92. The molecule has 2 amide bonds. The van der Waals surface area contributed by atoms with Gasteiger partial charge in [0.05, 0.1) is 25.1 Å². The van der Waals surface area contributed by atoms with E-state index in [1.165, 1.54) is 0 Å². The second-order valence-electron chi connectivity index (χ2n) is 8.44. The number of fused-ring (bicyclic) bond motifs is 1. The summed E-state index contributed by atoms with van der Waals surface area (Å²) in [6, 6.07) is 15.0. The third-order valence-corrected chi connectivity index (χ3v) is 6.07. The molecule has 0 radical (unpaired) electrons. The number of aromatic nitrogens is 2. The van der Waals surface area contributed by atoms with Crippen LogP contribution in [0.15, 0.2) is 54.7 Å². The minimum atomic E-state index is -0.548. The van der Waals surface area contributed by atoms with Gasteiger partial charge in [0.25, 0.3) is 0 Å². The van der Waals surface area contributed by atoms with Crippen molar-refractivity contribution in [3.8, 4) is 0 Å². The fraction of sp³-hybridized carbons (Fsp3) is 0.320. The molecule has 9 nitrogen and oxygen atoms in total. The highest BCUT2D eigenvalue weighted by molar-refractivity contribution is 5.95. The van der Waals surface area contributed by atoms with E-state index in [9.17, 15) is 9.18 Å². The largest absolute Gasteiger partial charge is 0.379 e. The summed E-state index contributed by atoms with van der Waals surface area (Å²) in [4.78, 5) is 25.2. The topological polar surface area (TPSA) is 94.7 Å². The van der Waals surface area contributed by atoms with Crippen LogP contribution in [0, 0.1) is 5.82 Å². The molecule has 0 aliphatic carbocycles. The zero-order chi connectivity index (χ0) is 24.0. The Morgan fingerprint density at radius 3 is 2.69 bits per heavy atom. The van der Waals surface area contributed by atoms with Gasteiger partial charge in [0.1, 0.15) is 0 Å². The van der Waals surface area contributed by atoms with Crippen molar-refractivity contribution in [1.82, 2.24) is 20.2 Å². The standard InChI is InChI=1S/C25H28FN7O2/c26-21-17-28-24(31-23(21)29-19-4-2-1-3-5-19)30-20-7-6-18-8-10-33(22(18)16-20)25(34)27-9-11-32-12-14-35-15-13-32/h1-7,16-17H,8-15H2,(H,27,34)(H2,28,29,30,31). The SMILES string of the molecule is O=C(NCCN1CCOCC1)N1CCc2ccc(Nc3ncc(F)c(Nc4ccccc4)n3)cc21. The van der Waals surface area contributed by atoms with Crippen LogP contribution in [-0.4, -0.2) is 66.8 Å². The van der Waals surface area contributed by atoms with Crippen LogP contribution in [0.5, 0.6) is 0 Å². The fourth-order valence-electron chi connectivity index (χ4n) is 4.21. The first-order valence-electron chi connectivity index (χ1n) is 11.8. The summed E-state index contributed by atoms with van der Waals surface area (Å²) in [7, 11) is 0. The Labute approximate surface area is 203 Å². The maximum atomic E-state index is 14.3. The number of morpholine rings is 1. The van der Waals surface area contributed by atoms with Crippen molar-refractivity contribution in [1.29, 1.82) is 0 Å². The molecule has 0 saturated carbocycles. The van der Waals surface area contributed by atoms with E-state index in [-0.39, 0.29) is 17.8 Å². The molecule has 2 aliphatic rings. The van der Waals surface area contributed by atoms with Crippen molar-refractivity contribution in [3.63, 3.8) is 0 Å². The number of anilines is 5. The van der Waals surface area contributed by atoms with Gasteiger partial charge < -0.3 is 20.7 Å². The Hall–Kier alpha value is -3.76. The molecule has 0 bridgehead atoms. The summed E-state index contributed by atoms with van der Waals surface area (Å²) in [6.45, 7) is 5.29. The highest BCUT2D eigenvalue weighted by Crippen LogP contribution is 2.32. The number of carbonyl (C=O) groups is 1. The molecule has 1 aromatic heterocycles. The zero-order valence-electron chi connectivity index (χ0n) is 19.3. The lowest BCUT2D eigenvalue weighted by Crippen LogP contribution is -2.44. The third kappa shape index (κ3) is 5.67. The minimum Gasteiger partial charge on any atom is -0.379 e. The molecule has 1 saturated heterocycles. The molecule has 35 heavy (non-hydrogen) atoms. The first-order chi connectivity index (χ1) is 17.2. The first-order valence-corrected chi connectivity index (χ1v) is 11.8. The van der Waals surface area contributed by atoms with Gasteiger partial charge in [-0.3, -0.25) is 9.80 Å². The molecule has 0 atom stereocenters. The van der Waals surface area contributed by atoms with Crippen LogP contribution >= 0.6 is 0 Å². The molecule has 1 fully saturated rings. The minimum absolute atomic E-state index is 0.0798. The number of ether oxygens (including phenoxy) is 1. The molecular formula is C25H28FN7O2. The number of rotatable bonds is 7. The maximum Gasteiger partial charge on any atom is 0.321 e. The van der Waals surface area contributed by atoms with Gasteiger partial charge in [-0.1, -0.05) is 24.3 Å². The van der Waals surface area contributed by atoms with Gasteiger partial charge in [-0.2, -0.15) is 4.98 Å². The second-order valence-corrected chi connectivity index (χ2v) is 8.44. The summed E-state index contributed by atoms with van der Waals surface area (Å²) < 4.78 is 19.6. The van der Waals surface area contributed by atoms with Crippen LogP contribution < -0.4 is 20.9 Å². The molecule has 0 unspecified atom stereocenters. The molecule has 3 heterocycles. The van der Waals surface area contributed by atoms with E-state index in [1.807, 2.05) is 48.5 Å². The van der Waals surface area contributed by atoms with Crippen LogP contribution in [-0.2, 0) is 11.2 Å². The number of hydrogen-bond acceptors (Lipinski definition) is 7. The lowest BCUT2D eigenvalue weighted by Gasteiger charge is -2.27. The number of halogens is 1. The fourth-order valence-corrected chi connectivity index (χ4v) is 4.21. The van der Waals surface area contributed by atoms with E-state index in [2.05, 4.69) is 30.8 Å². The maximum absolute atomic E-state index is 14.3. The number of carbonyl (C=O) groups excluding carboxylic acids is 1. The van der Waals surface area contributed by atoms with Crippen molar-refractivity contribution >= 4 is 34.9 Å². The number of nitrogens with one attached hydrogen (secondary N) is 3. The van der Waals surface area contributed by atoms with Gasteiger partial charge in [-0.25, -0.2) is 14.2 Å². The summed E-state index contributed by atoms with van der Waals surface area (Å²) in [5.74, 6) is -0.214. The average Bonchev–Trinajstić information content (AvgIpc) is 3.31. The molecule has 182 valence electrons. The molecule has 3 aromatic rings. The lowest BCUT2D eigenvalue weighted by atomic mass is 10.1. The van der Waals surface area contributed by atoms with Gasteiger partial charge in [-0.15, -0.1) is 0 Å². The van der Waals surface area contributed by atoms with E-state index in [0.717, 1.165) is 62.4 Å². The average molecular weight is 478 g/mol. The highest BCUT2D eigenvalue weighted by atomic mass is 19.1. The van der Waals surface area contributed by atoms with Crippen molar-refractivity contribution in [2.24, 2.45) is 0 Å². The van der Waals surface area contributed by atoms with Crippen molar-refractivity contribution in [3.05, 3.63) is 66.1 Å². The van der Waals surface area contributed by atoms with E-state index in [0.29, 0.717) is 18.8 Å². The van der Waals surface area contributed by atoms with E-state index in [4.69, 9.17) is 4.74 Å². The molecule has 10 heteroatoms. The molecule has 3 N–H and O–H groups in total. The number of nitrogens with zero attached hydrogens (tertiary/aromatic N) is 4. The summed E-state index contributed by atoms with van der Waals surface area (Å²) >= 11 is 0. The van der Waals surface area contributed by atoms with Gasteiger partial charge in [0.2, 0.25) is 5.95 Å². The third-order valence-electron chi connectivity index (χ3n) is 6.07. The Morgan fingerprint density at radius 1 is 1.03 bits per heavy atom. The monoisotopic (exact) mass is 477 g/mol. The van der Waals surface area contributed by atoms with E-state index in [1.54, 1.807) is 4.90 Å². The molecular weight excluding hydrogens is 449 g/mol. The van der Waals surface area contributed by atoms with Crippen molar-refractivity contribution < 1.29 is 13.9 Å². The predicted molar refractivity (Wildman–Crippen MR) is 133 cm³/mol. The van der Waals surface area contributed by atoms with Crippen LogP contribution in [0.25, 0.3) is 0 Å². The second kappa shape index (κ2) is 10.7. The van der Waals surface area contributed by atoms with Crippen LogP contribution in [0.3, 0.4) is 0 Å². The number of hydrogen-bond donors (Lipinski definition) is 3. The van der Waals surface area contributed by atoms with Gasteiger partial charge in [0.15, 0.2) is 11.6 Å². The van der Waals surface area contributed by atoms with Gasteiger partial charge in [0, 0.05) is 44.1 Å². The van der Waals surface area contributed by atoms with Crippen molar-refractivity contribution in [2.45, 2.75) is 6.42 Å². The van der Waals surface area contributed by atoms with Crippen LogP contribution in [0.1, 0.15) is 5.56 Å². The number of para-hydroxylation sites is 1. The smallest absolute Gasteiger partial charge is 0.321 e. The molecule has 2 aliphatic heterocycles. The van der Waals surface area contributed by atoms with Gasteiger partial charge >= 0.3 is 6.03 Å². The summed E-state index contributed by atoms with van der Waals surface area (Å²) in [5.41, 5.74) is 3.40. The Balaban J connectivity index is 1.23. The number of urea groups is 1. The normalized spacial score (nSPS) is 15.5. The molecule has 5 rings (SSSR count). The molecule has 2 aromatic carbocycles. The Morgan fingerprint density at radius 2 is 1.86 bits per heavy atom. The van der Waals surface area contributed by atoms with Crippen molar-refractivity contribution in [2.75, 3.05) is 61.5 Å². The summed E-state index contributed by atoms with van der Waals surface area (Å²) in [5, 5.41) is 9.12. The first kappa shape index (κ1) is 23.0. The lowest BCUT2D eigenvalue weighted by molar-refractivity contribution is 0.0387. The van der Waals surface area contributed by atoms with Gasteiger partial charge in [-0.05, 0) is 36.2 Å². The molecule has 0 spiro atoms. The zero-order valence-corrected chi connectivity index (χ0v) is 19.3. The Kier molecular flexibility index (Phi) is 7.01. The predicted octanol–water partition coefficient (Wildman–Crippen LogP) is 3.51. The number of amides is 2. The van der Waals surface area contributed by atoms with Crippen LogP contribution in [0.2, 0.25) is 0 Å². The highest BCUT2D eigenvalue weighted by Gasteiger charge is 2.25.